The van der Waals surface area contributed by atoms with Crippen molar-refractivity contribution in [1.82, 2.24) is 0 Å². The molecule has 0 amide bonds. The highest BCUT2D eigenvalue weighted by Gasteiger charge is 2.55. The molecule has 1 aliphatic rings. The van der Waals surface area contributed by atoms with Gasteiger partial charge in [-0.2, -0.15) is 0 Å². The van der Waals surface area contributed by atoms with Crippen LogP contribution in [0.25, 0.3) is 11.1 Å². The van der Waals surface area contributed by atoms with Gasteiger partial charge in [0.15, 0.2) is 11.5 Å². The first-order chi connectivity index (χ1) is 29.6. The van der Waals surface area contributed by atoms with Crippen molar-refractivity contribution < 1.29 is 37.9 Å². The SMILES string of the molecule is C=CCOC1[C@@H](OCc2ccccc2)[C@H](OCc2ccccc2)C(OCc2ccc(-c3ccc(OC)c(OC)c3)cc2)[C@@H](OCc2ccccc2)[C@H]1OCc1ccccc1. The first-order valence-corrected chi connectivity index (χ1v) is 20.4. The lowest BCUT2D eigenvalue weighted by Crippen LogP contribution is -2.67. The second-order valence-corrected chi connectivity index (χ2v) is 14.7. The molecule has 0 saturated heterocycles. The molecule has 7 rings (SSSR count). The van der Waals surface area contributed by atoms with E-state index < -0.39 is 36.6 Å². The zero-order valence-corrected chi connectivity index (χ0v) is 34.3. The van der Waals surface area contributed by atoms with E-state index >= 15 is 0 Å². The van der Waals surface area contributed by atoms with Gasteiger partial charge >= 0.3 is 0 Å². The summed E-state index contributed by atoms with van der Waals surface area (Å²) in [6, 6.07) is 54.8. The van der Waals surface area contributed by atoms with Crippen molar-refractivity contribution in [3.05, 3.63) is 204 Å². The molecule has 0 aromatic heterocycles. The maximum atomic E-state index is 7.08. The van der Waals surface area contributed by atoms with Crippen molar-refractivity contribution in [2.24, 2.45) is 0 Å². The molecule has 0 heterocycles. The van der Waals surface area contributed by atoms with Gasteiger partial charge in [-0.15, -0.1) is 6.58 Å². The summed E-state index contributed by atoms with van der Waals surface area (Å²) in [6.45, 7) is 5.85. The summed E-state index contributed by atoms with van der Waals surface area (Å²) in [4.78, 5) is 0. The van der Waals surface area contributed by atoms with Crippen LogP contribution in [0, 0.1) is 0 Å². The van der Waals surface area contributed by atoms with Gasteiger partial charge in [0.25, 0.3) is 0 Å². The van der Waals surface area contributed by atoms with E-state index in [1.807, 2.05) is 91.0 Å². The average molecular weight is 807 g/mol. The summed E-state index contributed by atoms with van der Waals surface area (Å²) in [6.07, 6.45) is -2.02. The van der Waals surface area contributed by atoms with Gasteiger partial charge in [-0.05, 0) is 51.1 Å². The summed E-state index contributed by atoms with van der Waals surface area (Å²) in [7, 11) is 3.28. The predicted octanol–water partition coefficient (Wildman–Crippen LogP) is 10.2. The Balaban J connectivity index is 1.26. The van der Waals surface area contributed by atoms with E-state index in [-0.39, 0.29) is 13.2 Å². The monoisotopic (exact) mass is 806 g/mol. The zero-order chi connectivity index (χ0) is 41.4. The molecule has 1 fully saturated rings. The molecule has 0 spiro atoms. The molecule has 60 heavy (non-hydrogen) atoms. The zero-order valence-electron chi connectivity index (χ0n) is 34.3. The highest BCUT2D eigenvalue weighted by atomic mass is 16.6. The molecule has 0 radical (unpaired) electrons. The van der Waals surface area contributed by atoms with E-state index in [0.29, 0.717) is 37.9 Å². The Morgan fingerprint density at radius 1 is 0.367 bits per heavy atom. The molecule has 1 saturated carbocycles. The van der Waals surface area contributed by atoms with Gasteiger partial charge < -0.3 is 37.9 Å². The van der Waals surface area contributed by atoms with Gasteiger partial charge in [0.1, 0.15) is 36.6 Å². The summed E-state index contributed by atoms with van der Waals surface area (Å²) in [5, 5.41) is 0. The molecular formula is C52H54O8. The van der Waals surface area contributed by atoms with Crippen LogP contribution < -0.4 is 9.47 Å². The highest BCUT2D eigenvalue weighted by Crippen LogP contribution is 2.37. The van der Waals surface area contributed by atoms with Crippen LogP contribution >= 0.6 is 0 Å². The van der Waals surface area contributed by atoms with Gasteiger partial charge in [0, 0.05) is 0 Å². The van der Waals surface area contributed by atoms with Crippen LogP contribution in [0.15, 0.2) is 176 Å². The van der Waals surface area contributed by atoms with Gasteiger partial charge in [-0.3, -0.25) is 0 Å². The fraction of sp³-hybridized carbons (Fsp3) is 0.269. The molecule has 6 aromatic carbocycles. The minimum atomic E-state index is -0.645. The molecule has 0 bridgehead atoms. The fourth-order valence-electron chi connectivity index (χ4n) is 7.51. The summed E-state index contributed by atoms with van der Waals surface area (Å²) < 4.78 is 52.6. The first-order valence-electron chi connectivity index (χ1n) is 20.4. The molecule has 8 heteroatoms. The van der Waals surface area contributed by atoms with Crippen LogP contribution in [0.1, 0.15) is 27.8 Å². The number of methoxy groups -OCH3 is 2. The quantitative estimate of drug-likeness (QED) is 0.0666. The van der Waals surface area contributed by atoms with Gasteiger partial charge in [-0.25, -0.2) is 0 Å². The Morgan fingerprint density at radius 3 is 1.02 bits per heavy atom. The van der Waals surface area contributed by atoms with Crippen molar-refractivity contribution in [3.63, 3.8) is 0 Å². The van der Waals surface area contributed by atoms with Crippen molar-refractivity contribution in [2.45, 2.75) is 69.7 Å². The second-order valence-electron chi connectivity index (χ2n) is 14.7. The maximum absolute atomic E-state index is 7.08. The lowest BCUT2D eigenvalue weighted by Gasteiger charge is -2.49. The Labute approximate surface area is 354 Å². The smallest absolute Gasteiger partial charge is 0.161 e. The van der Waals surface area contributed by atoms with Gasteiger partial charge in [0.05, 0.1) is 53.9 Å². The standard InChI is InChI=1S/C52H54O8/c1-4-31-55-47-48(56-33-38-17-9-5-10-18-38)50(58-35-40-21-13-7-14-22-40)52(60-37-42-25-27-43(28-26-42)44-29-30-45(53-2)46(32-44)54-3)51(59-36-41-23-15-8-16-24-41)49(47)57-34-39-19-11-6-12-20-39/h4-30,32,47-52H,1,31,33-37H2,2-3H3/t47?,48-,49+,50-,51-,52?/m0/s1. The summed E-state index contributed by atoms with van der Waals surface area (Å²) >= 11 is 0. The molecular weight excluding hydrogens is 753 g/mol. The van der Waals surface area contributed by atoms with Crippen molar-refractivity contribution in [2.75, 3.05) is 20.8 Å². The van der Waals surface area contributed by atoms with Gasteiger partial charge in [-0.1, -0.05) is 158 Å². The normalized spacial score (nSPS) is 20.0. The third-order valence-corrected chi connectivity index (χ3v) is 10.6. The first kappa shape index (κ1) is 42.5. The van der Waals surface area contributed by atoms with E-state index in [2.05, 4.69) is 79.4 Å². The Kier molecular flexibility index (Phi) is 15.7. The van der Waals surface area contributed by atoms with E-state index in [1.54, 1.807) is 20.3 Å². The number of hydrogen-bond donors (Lipinski definition) is 0. The Morgan fingerprint density at radius 2 is 0.683 bits per heavy atom. The maximum Gasteiger partial charge on any atom is 0.161 e. The molecule has 0 aliphatic heterocycles. The fourth-order valence-corrected chi connectivity index (χ4v) is 7.51. The van der Waals surface area contributed by atoms with Gasteiger partial charge in [0.2, 0.25) is 0 Å². The highest BCUT2D eigenvalue weighted by molar-refractivity contribution is 5.67. The van der Waals surface area contributed by atoms with Crippen LogP contribution in [0.5, 0.6) is 11.5 Å². The number of hydrogen-bond acceptors (Lipinski definition) is 8. The third-order valence-electron chi connectivity index (χ3n) is 10.6. The topological polar surface area (TPSA) is 73.8 Å². The molecule has 0 N–H and O–H groups in total. The Bertz CT molecular complexity index is 2050. The number of ether oxygens (including phenoxy) is 8. The van der Waals surface area contributed by atoms with Crippen LogP contribution in [-0.4, -0.2) is 57.5 Å². The van der Waals surface area contributed by atoms with E-state index in [0.717, 1.165) is 38.9 Å². The van der Waals surface area contributed by atoms with E-state index in [1.165, 1.54) is 0 Å². The number of rotatable bonds is 21. The molecule has 8 nitrogen and oxygen atoms in total. The number of benzene rings is 6. The van der Waals surface area contributed by atoms with Crippen LogP contribution in [0.3, 0.4) is 0 Å². The lowest BCUT2D eigenvalue weighted by atomic mass is 9.83. The molecule has 6 atom stereocenters. The largest absolute Gasteiger partial charge is 0.493 e. The second kappa shape index (κ2) is 22.1. The Hall–Kier alpha value is -5.58. The summed E-state index contributed by atoms with van der Waals surface area (Å²) in [5.74, 6) is 1.35. The average Bonchev–Trinajstić information content (AvgIpc) is 3.31. The molecule has 1 aliphatic carbocycles. The molecule has 2 unspecified atom stereocenters. The third kappa shape index (κ3) is 11.4. The van der Waals surface area contributed by atoms with Crippen molar-refractivity contribution in [1.29, 1.82) is 0 Å². The predicted molar refractivity (Wildman–Crippen MR) is 234 cm³/mol. The lowest BCUT2D eigenvalue weighted by molar-refractivity contribution is -0.289. The van der Waals surface area contributed by atoms with Crippen LogP contribution in [-0.2, 0) is 61.5 Å². The van der Waals surface area contributed by atoms with E-state index in [9.17, 15) is 0 Å². The van der Waals surface area contributed by atoms with Crippen LogP contribution in [0.2, 0.25) is 0 Å². The minimum Gasteiger partial charge on any atom is -0.493 e. The minimum absolute atomic E-state index is 0.274. The van der Waals surface area contributed by atoms with Crippen molar-refractivity contribution in [3.8, 4) is 22.6 Å². The molecule has 310 valence electrons. The van der Waals surface area contributed by atoms with Crippen LogP contribution in [0.4, 0.5) is 0 Å². The molecule has 6 aromatic rings. The van der Waals surface area contributed by atoms with Crippen molar-refractivity contribution >= 4 is 0 Å². The van der Waals surface area contributed by atoms with E-state index in [4.69, 9.17) is 37.9 Å². The summed E-state index contributed by atoms with van der Waals surface area (Å²) in [5.41, 5.74) is 7.13.